The molecule has 0 spiro atoms. The monoisotopic (exact) mass is 378 g/mol. The average molecular weight is 378 g/mol. The van der Waals surface area contributed by atoms with Crippen LogP contribution in [-0.2, 0) is 4.74 Å². The molecule has 0 fully saturated rings. The van der Waals surface area contributed by atoms with Crippen molar-refractivity contribution < 1.29 is 34.1 Å². The molecule has 3 amide bonds. The number of imide groups is 1. The highest BCUT2D eigenvalue weighted by atomic mass is 16.5. The van der Waals surface area contributed by atoms with Crippen molar-refractivity contribution in [3.63, 3.8) is 0 Å². The Balaban J connectivity index is 1.76. The second-order valence-electron chi connectivity index (χ2n) is 6.03. The number of fused-ring (bicyclic) bond motifs is 1. The molecule has 1 aromatic rings. The number of benzene rings is 1. The largest absolute Gasteiger partial charge is 0.478 e. The van der Waals surface area contributed by atoms with E-state index in [-0.39, 0.29) is 36.4 Å². The summed E-state index contributed by atoms with van der Waals surface area (Å²) in [5, 5.41) is 20.2. The number of unbranched alkanes of at least 4 members (excludes halogenated alkanes) is 3. The second-order valence-corrected chi connectivity index (χ2v) is 6.03. The van der Waals surface area contributed by atoms with Crippen LogP contribution in [-0.4, -0.2) is 65.3 Å². The summed E-state index contributed by atoms with van der Waals surface area (Å²) in [5.41, 5.74) is 0.0935. The topological polar surface area (TPSA) is 133 Å². The van der Waals surface area contributed by atoms with E-state index in [1.807, 2.05) is 0 Å². The van der Waals surface area contributed by atoms with Gasteiger partial charge >= 0.3 is 12.1 Å². The molecule has 3 N–H and O–H groups in total. The maximum absolute atomic E-state index is 12.3. The summed E-state index contributed by atoms with van der Waals surface area (Å²) in [7, 11) is 0. The minimum atomic E-state index is -1.19. The van der Waals surface area contributed by atoms with Crippen LogP contribution in [0.4, 0.5) is 4.79 Å². The van der Waals surface area contributed by atoms with E-state index in [9.17, 15) is 19.2 Å². The van der Waals surface area contributed by atoms with Crippen LogP contribution in [0.25, 0.3) is 0 Å². The third kappa shape index (κ3) is 5.27. The van der Waals surface area contributed by atoms with Crippen LogP contribution in [0.3, 0.4) is 0 Å². The number of nitrogens with one attached hydrogen (secondary N) is 1. The van der Waals surface area contributed by atoms with Crippen molar-refractivity contribution in [3.05, 3.63) is 34.9 Å². The first-order valence-electron chi connectivity index (χ1n) is 8.70. The smallest absolute Gasteiger partial charge is 0.407 e. The number of alkyl carbamates (subject to hydrolysis) is 1. The van der Waals surface area contributed by atoms with Gasteiger partial charge in [0.15, 0.2) is 0 Å². The second kappa shape index (κ2) is 9.67. The number of carbonyl (C=O) groups excluding carboxylic acids is 3. The third-order valence-corrected chi connectivity index (χ3v) is 4.12. The van der Waals surface area contributed by atoms with E-state index in [1.165, 1.54) is 18.2 Å². The van der Waals surface area contributed by atoms with E-state index in [1.54, 1.807) is 0 Å². The molecule has 0 unspecified atom stereocenters. The number of aliphatic hydroxyl groups is 1. The van der Waals surface area contributed by atoms with Gasteiger partial charge in [0.1, 0.15) is 6.61 Å². The normalized spacial score (nSPS) is 12.9. The van der Waals surface area contributed by atoms with E-state index in [0.29, 0.717) is 6.54 Å². The number of aliphatic hydroxyl groups excluding tert-OH is 1. The highest BCUT2D eigenvalue weighted by Crippen LogP contribution is 2.23. The Morgan fingerprint density at radius 1 is 1.04 bits per heavy atom. The SMILES string of the molecule is O=C(NCCCCCCO)OCCN1C(=O)c2ccc(C(=O)O)cc2C1=O. The molecule has 27 heavy (non-hydrogen) atoms. The summed E-state index contributed by atoms with van der Waals surface area (Å²) in [6.07, 6.45) is 2.63. The molecule has 1 heterocycles. The van der Waals surface area contributed by atoms with Crippen LogP contribution in [0, 0.1) is 0 Å². The number of nitrogens with zero attached hydrogens (tertiary/aromatic N) is 1. The molecular weight excluding hydrogens is 356 g/mol. The number of amides is 3. The van der Waals surface area contributed by atoms with Crippen LogP contribution >= 0.6 is 0 Å². The number of ether oxygens (including phenoxy) is 1. The molecule has 1 aliphatic heterocycles. The summed E-state index contributed by atoms with van der Waals surface area (Å²) >= 11 is 0. The molecule has 0 aliphatic carbocycles. The summed E-state index contributed by atoms with van der Waals surface area (Å²) in [4.78, 5) is 48.0. The van der Waals surface area contributed by atoms with Crippen LogP contribution in [0.2, 0.25) is 0 Å². The molecule has 9 nitrogen and oxygen atoms in total. The molecule has 2 rings (SSSR count). The zero-order valence-corrected chi connectivity index (χ0v) is 14.8. The minimum Gasteiger partial charge on any atom is -0.478 e. The van der Waals surface area contributed by atoms with E-state index >= 15 is 0 Å². The van der Waals surface area contributed by atoms with E-state index in [2.05, 4.69) is 5.32 Å². The van der Waals surface area contributed by atoms with Crippen molar-refractivity contribution in [3.8, 4) is 0 Å². The molecule has 0 bridgehead atoms. The fraction of sp³-hybridized carbons (Fsp3) is 0.444. The van der Waals surface area contributed by atoms with Crippen LogP contribution in [0.15, 0.2) is 18.2 Å². The Morgan fingerprint density at radius 2 is 1.74 bits per heavy atom. The van der Waals surface area contributed by atoms with Gasteiger partial charge in [-0.1, -0.05) is 12.8 Å². The maximum atomic E-state index is 12.3. The Kier molecular flexibility index (Phi) is 7.30. The number of hydrogen-bond acceptors (Lipinski definition) is 6. The number of rotatable bonds is 10. The van der Waals surface area contributed by atoms with Gasteiger partial charge in [-0.05, 0) is 31.0 Å². The molecule has 0 saturated heterocycles. The van der Waals surface area contributed by atoms with E-state index < -0.39 is 23.9 Å². The lowest BCUT2D eigenvalue weighted by Gasteiger charge is -2.14. The van der Waals surface area contributed by atoms with E-state index in [4.69, 9.17) is 14.9 Å². The van der Waals surface area contributed by atoms with Gasteiger partial charge < -0.3 is 20.3 Å². The predicted molar refractivity (Wildman–Crippen MR) is 93.7 cm³/mol. The fourth-order valence-corrected chi connectivity index (χ4v) is 2.69. The lowest BCUT2D eigenvalue weighted by Crippen LogP contribution is -2.35. The molecule has 146 valence electrons. The van der Waals surface area contributed by atoms with Gasteiger partial charge in [-0.3, -0.25) is 14.5 Å². The summed E-state index contributed by atoms with van der Waals surface area (Å²) in [6, 6.07) is 3.74. The van der Waals surface area contributed by atoms with Crippen molar-refractivity contribution in [2.24, 2.45) is 0 Å². The van der Waals surface area contributed by atoms with Crippen molar-refractivity contribution in [2.75, 3.05) is 26.3 Å². The standard InChI is InChI=1S/C18H22N2O7/c21-9-4-2-1-3-7-19-18(26)27-10-8-20-15(22)13-6-5-12(17(24)25)11-14(13)16(20)23/h5-6,11,21H,1-4,7-10H2,(H,19,26)(H,24,25). The van der Waals surface area contributed by atoms with Crippen LogP contribution < -0.4 is 5.32 Å². The molecule has 0 radical (unpaired) electrons. The van der Waals surface area contributed by atoms with Gasteiger partial charge in [-0.25, -0.2) is 9.59 Å². The minimum absolute atomic E-state index is 0.0345. The predicted octanol–water partition coefficient (Wildman–Crippen LogP) is 1.26. The van der Waals surface area contributed by atoms with Crippen molar-refractivity contribution >= 4 is 23.9 Å². The van der Waals surface area contributed by atoms with Gasteiger partial charge in [0.05, 0.1) is 23.2 Å². The quantitative estimate of drug-likeness (QED) is 0.412. The average Bonchev–Trinajstić information content (AvgIpc) is 2.89. The number of aromatic carboxylic acids is 1. The fourth-order valence-electron chi connectivity index (χ4n) is 2.69. The van der Waals surface area contributed by atoms with Gasteiger partial charge in [0.2, 0.25) is 0 Å². The summed E-state index contributed by atoms with van der Waals surface area (Å²) in [5.74, 6) is -2.33. The highest BCUT2D eigenvalue weighted by molar-refractivity contribution is 6.21. The van der Waals surface area contributed by atoms with Gasteiger partial charge in [0, 0.05) is 13.2 Å². The molecule has 0 aromatic heterocycles. The van der Waals surface area contributed by atoms with Gasteiger partial charge in [0.25, 0.3) is 11.8 Å². The highest BCUT2D eigenvalue weighted by Gasteiger charge is 2.35. The lowest BCUT2D eigenvalue weighted by atomic mass is 10.1. The molecule has 1 aliphatic rings. The van der Waals surface area contributed by atoms with Crippen LogP contribution in [0.1, 0.15) is 56.8 Å². The Hall–Kier alpha value is -2.94. The lowest BCUT2D eigenvalue weighted by molar-refractivity contribution is 0.0604. The van der Waals surface area contributed by atoms with Gasteiger partial charge in [-0.2, -0.15) is 0 Å². The zero-order chi connectivity index (χ0) is 19.8. The first-order valence-corrected chi connectivity index (χ1v) is 8.70. The Labute approximate surface area is 155 Å². The zero-order valence-electron chi connectivity index (χ0n) is 14.8. The van der Waals surface area contributed by atoms with Crippen molar-refractivity contribution in [1.82, 2.24) is 10.2 Å². The first-order chi connectivity index (χ1) is 13.0. The number of hydrogen-bond donors (Lipinski definition) is 3. The van der Waals surface area contributed by atoms with Crippen molar-refractivity contribution in [1.29, 1.82) is 0 Å². The first kappa shape index (κ1) is 20.4. The molecular formula is C18H22N2O7. The number of carbonyl (C=O) groups is 4. The summed E-state index contributed by atoms with van der Waals surface area (Å²) < 4.78 is 4.96. The molecule has 0 saturated carbocycles. The third-order valence-electron chi connectivity index (χ3n) is 4.12. The maximum Gasteiger partial charge on any atom is 0.407 e. The Morgan fingerprint density at radius 3 is 2.44 bits per heavy atom. The number of carboxylic acids is 1. The van der Waals surface area contributed by atoms with Crippen molar-refractivity contribution in [2.45, 2.75) is 25.7 Å². The molecule has 1 aromatic carbocycles. The Bertz CT molecular complexity index is 732. The van der Waals surface area contributed by atoms with E-state index in [0.717, 1.165) is 30.6 Å². The molecule has 9 heteroatoms. The van der Waals surface area contributed by atoms with Crippen LogP contribution in [0.5, 0.6) is 0 Å². The van der Waals surface area contributed by atoms with Gasteiger partial charge in [-0.15, -0.1) is 0 Å². The molecule has 0 atom stereocenters. The number of carboxylic acid groups (broad SMARTS) is 1. The summed E-state index contributed by atoms with van der Waals surface area (Å²) in [6.45, 7) is 0.326.